The topological polar surface area (TPSA) is 12.0 Å². The summed E-state index contributed by atoms with van der Waals surface area (Å²) in [5.41, 5.74) is 1.52. The van der Waals surface area contributed by atoms with Crippen molar-refractivity contribution in [1.29, 1.82) is 0 Å². The van der Waals surface area contributed by atoms with Gasteiger partial charge in [0.05, 0.1) is 0 Å². The first-order valence-corrected chi connectivity index (χ1v) is 7.83. The van der Waals surface area contributed by atoms with Gasteiger partial charge < -0.3 is 5.32 Å². The van der Waals surface area contributed by atoms with E-state index in [9.17, 15) is 0 Å². The lowest BCUT2D eigenvalue weighted by molar-refractivity contribution is 0.397. The van der Waals surface area contributed by atoms with Gasteiger partial charge in [0.1, 0.15) is 0 Å². The molecule has 3 rings (SSSR count). The van der Waals surface area contributed by atoms with Crippen molar-refractivity contribution in [2.24, 2.45) is 5.92 Å². The molecule has 0 radical (unpaired) electrons. The Balaban J connectivity index is 1.70. The first kappa shape index (κ1) is 12.2. The highest BCUT2D eigenvalue weighted by Crippen LogP contribution is 2.29. The van der Waals surface area contributed by atoms with Crippen LogP contribution in [0, 0.1) is 5.92 Å². The zero-order chi connectivity index (χ0) is 12.5. The van der Waals surface area contributed by atoms with Crippen molar-refractivity contribution in [3.63, 3.8) is 0 Å². The summed E-state index contributed by atoms with van der Waals surface area (Å²) in [4.78, 5) is 0. The van der Waals surface area contributed by atoms with Crippen LogP contribution in [-0.4, -0.2) is 12.1 Å². The Morgan fingerprint density at radius 3 is 2.83 bits per heavy atom. The molecule has 1 N–H and O–H groups in total. The standard InChI is InChI=1S/C16H21NS/c1-11(12(2)17-14-7-8-14)9-13-10-18-16-6-4-3-5-15(13)16/h3-6,10-12,14,17H,7-9H2,1-2H3. The molecule has 2 aromatic rings. The molecular formula is C16H21NS. The normalized spacial score (nSPS) is 19.0. The number of rotatable bonds is 5. The number of hydrogen-bond acceptors (Lipinski definition) is 2. The van der Waals surface area contributed by atoms with Crippen LogP contribution in [0.5, 0.6) is 0 Å². The average Bonchev–Trinajstić information content (AvgIpc) is 3.10. The van der Waals surface area contributed by atoms with Gasteiger partial charge in [-0.15, -0.1) is 11.3 Å². The predicted octanol–water partition coefficient (Wildman–Crippen LogP) is 4.22. The van der Waals surface area contributed by atoms with Crippen molar-refractivity contribution >= 4 is 21.4 Å². The monoisotopic (exact) mass is 259 g/mol. The number of hydrogen-bond donors (Lipinski definition) is 1. The Morgan fingerprint density at radius 2 is 2.06 bits per heavy atom. The van der Waals surface area contributed by atoms with Crippen molar-refractivity contribution in [2.45, 2.75) is 45.2 Å². The van der Waals surface area contributed by atoms with E-state index < -0.39 is 0 Å². The second kappa shape index (κ2) is 5.02. The van der Waals surface area contributed by atoms with Gasteiger partial charge in [0.15, 0.2) is 0 Å². The maximum atomic E-state index is 3.72. The zero-order valence-electron chi connectivity index (χ0n) is 11.1. The second-order valence-corrected chi connectivity index (χ2v) is 6.58. The van der Waals surface area contributed by atoms with E-state index in [0.717, 1.165) is 6.04 Å². The van der Waals surface area contributed by atoms with Crippen molar-refractivity contribution in [2.75, 3.05) is 0 Å². The largest absolute Gasteiger partial charge is 0.311 e. The summed E-state index contributed by atoms with van der Waals surface area (Å²) in [5, 5.41) is 7.51. The van der Waals surface area contributed by atoms with E-state index in [0.29, 0.717) is 12.0 Å². The van der Waals surface area contributed by atoms with Crippen LogP contribution in [0.25, 0.3) is 10.1 Å². The lowest BCUT2D eigenvalue weighted by atomic mass is 9.94. The summed E-state index contributed by atoms with van der Waals surface area (Å²) < 4.78 is 1.42. The van der Waals surface area contributed by atoms with Gasteiger partial charge >= 0.3 is 0 Å². The summed E-state index contributed by atoms with van der Waals surface area (Å²) in [7, 11) is 0. The highest BCUT2D eigenvalue weighted by Gasteiger charge is 2.25. The lowest BCUT2D eigenvalue weighted by Gasteiger charge is -2.21. The molecule has 1 aromatic heterocycles. The third-order valence-electron chi connectivity index (χ3n) is 4.03. The molecule has 0 spiro atoms. The zero-order valence-corrected chi connectivity index (χ0v) is 12.0. The Kier molecular flexibility index (Phi) is 3.40. The summed E-state index contributed by atoms with van der Waals surface area (Å²) in [6.45, 7) is 4.70. The highest BCUT2D eigenvalue weighted by molar-refractivity contribution is 7.17. The second-order valence-electron chi connectivity index (χ2n) is 5.67. The Morgan fingerprint density at radius 1 is 1.28 bits per heavy atom. The summed E-state index contributed by atoms with van der Waals surface area (Å²) in [6.07, 6.45) is 3.93. The molecule has 96 valence electrons. The van der Waals surface area contributed by atoms with Gasteiger partial charge in [0.2, 0.25) is 0 Å². The van der Waals surface area contributed by atoms with Crippen LogP contribution in [0.4, 0.5) is 0 Å². The molecule has 0 saturated heterocycles. The Hall–Kier alpha value is -0.860. The first-order valence-electron chi connectivity index (χ1n) is 6.95. The van der Waals surface area contributed by atoms with E-state index in [-0.39, 0.29) is 0 Å². The van der Waals surface area contributed by atoms with Crippen LogP contribution in [0.2, 0.25) is 0 Å². The van der Waals surface area contributed by atoms with Crippen molar-refractivity contribution < 1.29 is 0 Å². The SMILES string of the molecule is CC(Cc1csc2ccccc12)C(C)NC1CC1. The van der Waals surface area contributed by atoms with Gasteiger partial charge in [-0.25, -0.2) is 0 Å². The molecule has 18 heavy (non-hydrogen) atoms. The molecule has 1 aliphatic rings. The van der Waals surface area contributed by atoms with E-state index in [4.69, 9.17) is 0 Å². The molecule has 1 heterocycles. The Labute approximate surface area is 113 Å². The maximum Gasteiger partial charge on any atom is 0.0345 e. The lowest BCUT2D eigenvalue weighted by Crippen LogP contribution is -2.34. The molecule has 1 saturated carbocycles. The fourth-order valence-corrected chi connectivity index (χ4v) is 3.48. The number of fused-ring (bicyclic) bond motifs is 1. The third kappa shape index (κ3) is 2.60. The van der Waals surface area contributed by atoms with Gasteiger partial charge in [0.25, 0.3) is 0 Å². The average molecular weight is 259 g/mol. The van der Waals surface area contributed by atoms with Crippen LogP contribution in [0.15, 0.2) is 29.6 Å². The fraction of sp³-hybridized carbons (Fsp3) is 0.500. The molecule has 1 nitrogen and oxygen atoms in total. The summed E-state index contributed by atoms with van der Waals surface area (Å²) in [6, 6.07) is 10.2. The minimum Gasteiger partial charge on any atom is -0.311 e. The number of nitrogens with one attached hydrogen (secondary N) is 1. The number of thiophene rings is 1. The van der Waals surface area contributed by atoms with E-state index in [1.54, 1.807) is 0 Å². The van der Waals surface area contributed by atoms with E-state index >= 15 is 0 Å². The van der Waals surface area contributed by atoms with Crippen molar-refractivity contribution in [1.82, 2.24) is 5.32 Å². The molecule has 2 unspecified atom stereocenters. The third-order valence-corrected chi connectivity index (χ3v) is 5.04. The molecule has 2 heteroatoms. The molecular weight excluding hydrogens is 238 g/mol. The predicted molar refractivity (Wildman–Crippen MR) is 80.3 cm³/mol. The van der Waals surface area contributed by atoms with Gasteiger partial charge in [-0.2, -0.15) is 0 Å². The minimum atomic E-state index is 0.621. The maximum absolute atomic E-state index is 3.72. The van der Waals surface area contributed by atoms with Gasteiger partial charge in [-0.05, 0) is 54.5 Å². The minimum absolute atomic E-state index is 0.621. The van der Waals surface area contributed by atoms with Gasteiger partial charge in [0, 0.05) is 16.8 Å². The molecule has 1 aliphatic carbocycles. The molecule has 1 aromatic carbocycles. The van der Waals surface area contributed by atoms with Crippen molar-refractivity contribution in [3.8, 4) is 0 Å². The quantitative estimate of drug-likeness (QED) is 0.847. The first-order chi connectivity index (χ1) is 8.74. The molecule has 1 fully saturated rings. The highest BCUT2D eigenvalue weighted by atomic mass is 32.1. The van der Waals surface area contributed by atoms with Crippen LogP contribution in [0.3, 0.4) is 0 Å². The molecule has 2 atom stereocenters. The molecule has 0 aliphatic heterocycles. The van der Waals surface area contributed by atoms with Gasteiger partial charge in [-0.1, -0.05) is 25.1 Å². The summed E-state index contributed by atoms with van der Waals surface area (Å²) in [5.74, 6) is 0.698. The van der Waals surface area contributed by atoms with Crippen LogP contribution in [0.1, 0.15) is 32.3 Å². The molecule has 0 bridgehead atoms. The van der Waals surface area contributed by atoms with Crippen LogP contribution >= 0.6 is 11.3 Å². The molecule has 0 amide bonds. The van der Waals surface area contributed by atoms with E-state index in [2.05, 4.69) is 48.8 Å². The summed E-state index contributed by atoms with van der Waals surface area (Å²) >= 11 is 1.87. The van der Waals surface area contributed by atoms with E-state index in [1.165, 1.54) is 34.9 Å². The number of benzene rings is 1. The van der Waals surface area contributed by atoms with E-state index in [1.807, 2.05) is 11.3 Å². The van der Waals surface area contributed by atoms with Gasteiger partial charge in [-0.3, -0.25) is 0 Å². The Bertz CT molecular complexity index is 527. The fourth-order valence-electron chi connectivity index (χ4n) is 2.50. The van der Waals surface area contributed by atoms with Crippen LogP contribution < -0.4 is 5.32 Å². The van der Waals surface area contributed by atoms with Crippen molar-refractivity contribution in [3.05, 3.63) is 35.2 Å². The smallest absolute Gasteiger partial charge is 0.0345 e. The van der Waals surface area contributed by atoms with Crippen LogP contribution in [-0.2, 0) is 6.42 Å².